The number of rotatable bonds is 4. The number of hydrogen-bond donors (Lipinski definition) is 0. The molecule has 2 rings (SSSR count). The fourth-order valence-corrected chi connectivity index (χ4v) is 2.13. The first-order valence-corrected chi connectivity index (χ1v) is 6.45. The van der Waals surface area contributed by atoms with Gasteiger partial charge in [0.05, 0.1) is 11.9 Å². The third kappa shape index (κ3) is 3.11. The third-order valence-corrected chi connectivity index (χ3v) is 3.02. The molecule has 0 aromatic carbocycles. The Morgan fingerprint density at radius 2 is 2.05 bits per heavy atom. The summed E-state index contributed by atoms with van der Waals surface area (Å²) in [4.78, 5) is 8.80. The van der Waals surface area contributed by atoms with E-state index in [0.717, 1.165) is 11.3 Å². The van der Waals surface area contributed by atoms with Gasteiger partial charge in [-0.25, -0.2) is 9.97 Å². The van der Waals surface area contributed by atoms with Crippen LogP contribution in [0.2, 0.25) is 5.15 Å². The molecule has 0 aliphatic rings. The summed E-state index contributed by atoms with van der Waals surface area (Å²) in [6.45, 7) is 4.12. The van der Waals surface area contributed by atoms with E-state index in [1.165, 1.54) is 0 Å². The van der Waals surface area contributed by atoms with Crippen molar-refractivity contribution in [2.45, 2.75) is 20.0 Å². The number of aryl methyl sites for hydroxylation is 1. The molecule has 0 saturated carbocycles. The largest absolute Gasteiger partial charge is 0.373 e. The van der Waals surface area contributed by atoms with E-state index in [4.69, 9.17) is 16.3 Å². The van der Waals surface area contributed by atoms with E-state index in [9.17, 15) is 0 Å². The molecule has 102 valence electrons. The van der Waals surface area contributed by atoms with E-state index in [2.05, 4.69) is 28.9 Å². The minimum Gasteiger partial charge on any atom is -0.373 e. The van der Waals surface area contributed by atoms with Gasteiger partial charge in [0.2, 0.25) is 0 Å². The Bertz CT molecular complexity index is 568. The van der Waals surface area contributed by atoms with Crippen LogP contribution in [-0.2, 0) is 11.8 Å². The van der Waals surface area contributed by atoms with Crippen LogP contribution in [0.25, 0.3) is 11.3 Å². The summed E-state index contributed by atoms with van der Waals surface area (Å²) in [6.07, 6.45) is 3.47. The lowest BCUT2D eigenvalue weighted by Gasteiger charge is -2.18. The SMILES string of the molecule is COC(c1nc(Cl)cc(-c2cnn(C)c2)n1)C(C)C. The highest BCUT2D eigenvalue weighted by atomic mass is 35.5. The molecule has 0 saturated heterocycles. The summed E-state index contributed by atoms with van der Waals surface area (Å²) in [5.41, 5.74) is 1.66. The molecule has 0 spiro atoms. The average Bonchev–Trinajstić information content (AvgIpc) is 2.75. The first-order valence-electron chi connectivity index (χ1n) is 6.07. The molecule has 0 radical (unpaired) electrons. The van der Waals surface area contributed by atoms with Crippen LogP contribution in [0.5, 0.6) is 0 Å². The van der Waals surface area contributed by atoms with Crippen molar-refractivity contribution in [3.8, 4) is 11.3 Å². The van der Waals surface area contributed by atoms with Gasteiger partial charge in [0, 0.05) is 32.0 Å². The van der Waals surface area contributed by atoms with Crippen LogP contribution in [0.3, 0.4) is 0 Å². The third-order valence-electron chi connectivity index (χ3n) is 2.83. The Morgan fingerprint density at radius 1 is 1.32 bits per heavy atom. The second-order valence-electron chi connectivity index (χ2n) is 4.74. The molecule has 0 aliphatic carbocycles. The van der Waals surface area contributed by atoms with Crippen LogP contribution < -0.4 is 0 Å². The molecule has 6 heteroatoms. The van der Waals surface area contributed by atoms with Crippen molar-refractivity contribution in [2.75, 3.05) is 7.11 Å². The molecule has 0 aliphatic heterocycles. The second-order valence-corrected chi connectivity index (χ2v) is 5.12. The maximum absolute atomic E-state index is 6.08. The number of nitrogens with zero attached hydrogens (tertiary/aromatic N) is 4. The minimum atomic E-state index is -0.172. The van der Waals surface area contributed by atoms with Crippen molar-refractivity contribution in [1.82, 2.24) is 19.7 Å². The standard InChI is InChI=1S/C13H17ClN4O/c1-8(2)12(19-4)13-16-10(5-11(14)17-13)9-6-15-18(3)7-9/h5-8,12H,1-4H3. The first kappa shape index (κ1) is 14.0. The highest BCUT2D eigenvalue weighted by Crippen LogP contribution is 2.26. The van der Waals surface area contributed by atoms with Gasteiger partial charge < -0.3 is 4.74 Å². The molecule has 0 fully saturated rings. The van der Waals surface area contributed by atoms with Gasteiger partial charge in [-0.15, -0.1) is 0 Å². The zero-order chi connectivity index (χ0) is 14.0. The molecule has 2 heterocycles. The lowest BCUT2D eigenvalue weighted by atomic mass is 10.1. The number of aromatic nitrogens is 4. The zero-order valence-electron chi connectivity index (χ0n) is 11.5. The highest BCUT2D eigenvalue weighted by molar-refractivity contribution is 6.29. The Labute approximate surface area is 117 Å². The Morgan fingerprint density at radius 3 is 2.58 bits per heavy atom. The van der Waals surface area contributed by atoms with Gasteiger partial charge in [0.15, 0.2) is 5.82 Å². The average molecular weight is 281 g/mol. The van der Waals surface area contributed by atoms with Gasteiger partial charge in [-0.05, 0) is 5.92 Å². The number of ether oxygens (including phenoxy) is 1. The van der Waals surface area contributed by atoms with Crippen molar-refractivity contribution in [2.24, 2.45) is 13.0 Å². The molecule has 2 aromatic heterocycles. The van der Waals surface area contributed by atoms with Crippen molar-refractivity contribution in [1.29, 1.82) is 0 Å². The molecular weight excluding hydrogens is 264 g/mol. The van der Waals surface area contributed by atoms with E-state index in [-0.39, 0.29) is 12.0 Å². The first-order chi connectivity index (χ1) is 9.01. The molecule has 2 aromatic rings. The van der Waals surface area contributed by atoms with Gasteiger partial charge in [-0.3, -0.25) is 4.68 Å². The van der Waals surface area contributed by atoms with Gasteiger partial charge >= 0.3 is 0 Å². The quantitative estimate of drug-likeness (QED) is 0.808. The number of methoxy groups -OCH3 is 1. The fraction of sp³-hybridized carbons (Fsp3) is 0.462. The Hall–Kier alpha value is -1.46. The molecule has 0 N–H and O–H groups in total. The summed E-state index contributed by atoms with van der Waals surface area (Å²) >= 11 is 6.08. The maximum Gasteiger partial charge on any atom is 0.159 e. The predicted octanol–water partition coefficient (Wildman–Crippen LogP) is 2.87. The van der Waals surface area contributed by atoms with E-state index < -0.39 is 0 Å². The summed E-state index contributed by atoms with van der Waals surface area (Å²) in [6, 6.07) is 1.73. The molecule has 5 nitrogen and oxygen atoms in total. The molecule has 1 atom stereocenters. The van der Waals surface area contributed by atoms with Crippen LogP contribution in [0.1, 0.15) is 25.8 Å². The zero-order valence-corrected chi connectivity index (χ0v) is 12.2. The van der Waals surface area contributed by atoms with Crippen molar-refractivity contribution >= 4 is 11.6 Å². The van der Waals surface area contributed by atoms with Crippen LogP contribution in [0, 0.1) is 5.92 Å². The fourth-order valence-electron chi connectivity index (χ4n) is 1.94. The smallest absolute Gasteiger partial charge is 0.159 e. The van der Waals surface area contributed by atoms with Crippen molar-refractivity contribution in [3.05, 3.63) is 29.4 Å². The summed E-state index contributed by atoms with van der Waals surface area (Å²) in [5, 5.41) is 4.54. The van der Waals surface area contributed by atoms with E-state index in [1.54, 1.807) is 24.1 Å². The van der Waals surface area contributed by atoms with E-state index in [1.807, 2.05) is 13.2 Å². The minimum absolute atomic E-state index is 0.172. The summed E-state index contributed by atoms with van der Waals surface area (Å²) in [5.74, 6) is 0.870. The topological polar surface area (TPSA) is 52.8 Å². The summed E-state index contributed by atoms with van der Waals surface area (Å²) in [7, 11) is 3.51. The van der Waals surface area contributed by atoms with E-state index >= 15 is 0 Å². The number of hydrogen-bond acceptors (Lipinski definition) is 4. The van der Waals surface area contributed by atoms with Gasteiger partial charge in [0.1, 0.15) is 11.3 Å². The van der Waals surface area contributed by atoms with Crippen molar-refractivity contribution in [3.63, 3.8) is 0 Å². The van der Waals surface area contributed by atoms with Crippen LogP contribution in [0.4, 0.5) is 0 Å². The molecule has 1 unspecified atom stereocenters. The lowest BCUT2D eigenvalue weighted by Crippen LogP contribution is -2.13. The van der Waals surface area contributed by atoms with Crippen molar-refractivity contribution < 1.29 is 4.74 Å². The lowest BCUT2D eigenvalue weighted by molar-refractivity contribution is 0.0575. The molecule has 0 bridgehead atoms. The van der Waals surface area contributed by atoms with Gasteiger partial charge in [0.25, 0.3) is 0 Å². The molecule has 0 amide bonds. The highest BCUT2D eigenvalue weighted by Gasteiger charge is 2.20. The van der Waals surface area contributed by atoms with Gasteiger partial charge in [-0.2, -0.15) is 5.10 Å². The predicted molar refractivity (Wildman–Crippen MR) is 73.8 cm³/mol. The Kier molecular flexibility index (Phi) is 4.17. The molecular formula is C13H17ClN4O. The number of halogens is 1. The van der Waals surface area contributed by atoms with Gasteiger partial charge in [-0.1, -0.05) is 25.4 Å². The summed E-state index contributed by atoms with van der Waals surface area (Å²) < 4.78 is 7.17. The second kappa shape index (κ2) is 5.67. The Balaban J connectivity index is 2.45. The van der Waals surface area contributed by atoms with Crippen LogP contribution >= 0.6 is 11.6 Å². The normalized spacial score (nSPS) is 12.9. The molecule has 19 heavy (non-hydrogen) atoms. The monoisotopic (exact) mass is 280 g/mol. The van der Waals surface area contributed by atoms with E-state index in [0.29, 0.717) is 11.0 Å². The van der Waals surface area contributed by atoms with Crippen LogP contribution in [-0.4, -0.2) is 26.9 Å². The van der Waals surface area contributed by atoms with Crippen LogP contribution in [0.15, 0.2) is 18.5 Å². The maximum atomic E-state index is 6.08.